The van der Waals surface area contributed by atoms with Crippen LogP contribution in [0.2, 0.25) is 0 Å². The molecular formula is C14H17ClF3NO. The van der Waals surface area contributed by atoms with Gasteiger partial charge in [0.15, 0.2) is 0 Å². The molecule has 1 amide bonds. The molecule has 112 valence electrons. The molecule has 1 aromatic rings. The molecule has 0 radical (unpaired) electrons. The molecule has 0 saturated heterocycles. The maximum absolute atomic E-state index is 13.1. The lowest BCUT2D eigenvalue weighted by atomic mass is 10.0. The van der Waals surface area contributed by atoms with E-state index in [1.54, 1.807) is 13.0 Å². The summed E-state index contributed by atoms with van der Waals surface area (Å²) in [7, 11) is 0. The SMILES string of the molecule is Cc1cccc(C(F)(F)F)c1N(CC(C)C)C(=O)CCl. The van der Waals surface area contributed by atoms with Crippen LogP contribution in [0.5, 0.6) is 0 Å². The van der Waals surface area contributed by atoms with Gasteiger partial charge in [0.25, 0.3) is 0 Å². The largest absolute Gasteiger partial charge is 0.418 e. The van der Waals surface area contributed by atoms with Gasteiger partial charge < -0.3 is 4.90 Å². The predicted octanol–water partition coefficient (Wildman–Crippen LogP) is 4.24. The molecule has 6 heteroatoms. The summed E-state index contributed by atoms with van der Waals surface area (Å²) in [6.45, 7) is 5.42. The molecule has 0 heterocycles. The average Bonchev–Trinajstić information content (AvgIpc) is 2.33. The van der Waals surface area contributed by atoms with E-state index in [1.807, 2.05) is 13.8 Å². The molecular weight excluding hydrogens is 291 g/mol. The Morgan fingerprint density at radius 1 is 1.35 bits per heavy atom. The van der Waals surface area contributed by atoms with Crippen LogP contribution in [0.1, 0.15) is 25.0 Å². The van der Waals surface area contributed by atoms with Gasteiger partial charge in [0.2, 0.25) is 5.91 Å². The van der Waals surface area contributed by atoms with Gasteiger partial charge in [-0.25, -0.2) is 0 Å². The van der Waals surface area contributed by atoms with Crippen molar-refractivity contribution in [3.05, 3.63) is 29.3 Å². The summed E-state index contributed by atoms with van der Waals surface area (Å²) in [4.78, 5) is 13.0. The van der Waals surface area contributed by atoms with Crippen LogP contribution in [0.25, 0.3) is 0 Å². The monoisotopic (exact) mass is 307 g/mol. The van der Waals surface area contributed by atoms with Crippen molar-refractivity contribution in [3.8, 4) is 0 Å². The molecule has 1 aromatic carbocycles. The lowest BCUT2D eigenvalue weighted by Gasteiger charge is -2.28. The third-order valence-electron chi connectivity index (χ3n) is 2.78. The van der Waals surface area contributed by atoms with E-state index in [1.165, 1.54) is 6.07 Å². The molecule has 0 aromatic heterocycles. The zero-order valence-corrected chi connectivity index (χ0v) is 12.3. The first-order chi connectivity index (χ1) is 9.18. The Balaban J connectivity index is 3.42. The van der Waals surface area contributed by atoms with Crippen molar-refractivity contribution in [1.29, 1.82) is 0 Å². The summed E-state index contributed by atoms with van der Waals surface area (Å²) in [6, 6.07) is 3.87. The molecule has 0 aliphatic rings. The molecule has 0 aliphatic heterocycles. The maximum atomic E-state index is 13.1. The first kappa shape index (κ1) is 16.8. The van der Waals surface area contributed by atoms with Gasteiger partial charge >= 0.3 is 6.18 Å². The van der Waals surface area contributed by atoms with Gasteiger partial charge in [0.05, 0.1) is 11.3 Å². The Bertz CT molecular complexity index is 486. The van der Waals surface area contributed by atoms with E-state index < -0.39 is 17.6 Å². The van der Waals surface area contributed by atoms with Crippen LogP contribution in [0, 0.1) is 12.8 Å². The van der Waals surface area contributed by atoms with Crippen LogP contribution < -0.4 is 4.90 Å². The maximum Gasteiger partial charge on any atom is 0.418 e. The number of halogens is 4. The van der Waals surface area contributed by atoms with E-state index in [0.29, 0.717) is 5.56 Å². The molecule has 2 nitrogen and oxygen atoms in total. The molecule has 0 fully saturated rings. The second-order valence-electron chi connectivity index (χ2n) is 5.00. The molecule has 0 N–H and O–H groups in total. The molecule has 0 bridgehead atoms. The van der Waals surface area contributed by atoms with E-state index in [2.05, 4.69) is 0 Å². The smallest absolute Gasteiger partial charge is 0.310 e. The minimum absolute atomic E-state index is 0.0304. The van der Waals surface area contributed by atoms with Gasteiger partial charge in [-0.05, 0) is 24.5 Å². The molecule has 20 heavy (non-hydrogen) atoms. The first-order valence-corrected chi connectivity index (χ1v) is 6.75. The fourth-order valence-electron chi connectivity index (χ4n) is 2.00. The molecule has 0 aliphatic carbocycles. The van der Waals surface area contributed by atoms with Crippen molar-refractivity contribution < 1.29 is 18.0 Å². The van der Waals surface area contributed by atoms with Gasteiger partial charge in [0.1, 0.15) is 5.88 Å². The Hall–Kier alpha value is -1.23. The third kappa shape index (κ3) is 3.88. The normalized spacial score (nSPS) is 11.8. The molecule has 0 spiro atoms. The number of anilines is 1. The summed E-state index contributed by atoms with van der Waals surface area (Å²) in [6.07, 6.45) is -4.51. The van der Waals surface area contributed by atoms with Gasteiger partial charge in [-0.3, -0.25) is 4.79 Å². The van der Waals surface area contributed by atoms with Crippen molar-refractivity contribution in [1.82, 2.24) is 0 Å². The fraction of sp³-hybridized carbons (Fsp3) is 0.500. The average molecular weight is 308 g/mol. The van der Waals surface area contributed by atoms with E-state index in [4.69, 9.17) is 11.6 Å². The summed E-state index contributed by atoms with van der Waals surface area (Å²) in [5.41, 5.74) is -0.505. The number of para-hydroxylation sites is 1. The number of amides is 1. The summed E-state index contributed by atoms with van der Waals surface area (Å²) < 4.78 is 39.4. The van der Waals surface area contributed by atoms with Crippen LogP contribution in [0.3, 0.4) is 0 Å². The topological polar surface area (TPSA) is 20.3 Å². The highest BCUT2D eigenvalue weighted by molar-refractivity contribution is 6.29. The zero-order valence-electron chi connectivity index (χ0n) is 11.6. The Morgan fingerprint density at radius 2 is 1.95 bits per heavy atom. The highest BCUT2D eigenvalue weighted by Gasteiger charge is 2.36. The van der Waals surface area contributed by atoms with Gasteiger partial charge in [-0.1, -0.05) is 26.0 Å². The predicted molar refractivity (Wildman–Crippen MR) is 74.1 cm³/mol. The number of benzene rings is 1. The minimum atomic E-state index is -4.51. The highest BCUT2D eigenvalue weighted by atomic mass is 35.5. The standard InChI is InChI=1S/C14H17ClF3NO/c1-9(2)8-19(12(20)7-15)13-10(3)5-4-6-11(13)14(16,17)18/h4-6,9H,7-8H2,1-3H3. The second kappa shape index (κ2) is 6.48. The van der Waals surface area contributed by atoms with Crippen molar-refractivity contribution in [2.75, 3.05) is 17.3 Å². The van der Waals surface area contributed by atoms with Crippen molar-refractivity contribution in [3.63, 3.8) is 0 Å². The lowest BCUT2D eigenvalue weighted by molar-refractivity contribution is -0.137. The number of nitrogens with zero attached hydrogens (tertiary/aromatic N) is 1. The number of carbonyl (C=O) groups is 1. The van der Waals surface area contributed by atoms with Crippen LogP contribution in [0.15, 0.2) is 18.2 Å². The van der Waals surface area contributed by atoms with Gasteiger partial charge in [-0.2, -0.15) is 13.2 Å². The van der Waals surface area contributed by atoms with Gasteiger partial charge in [-0.15, -0.1) is 11.6 Å². The Kier molecular flexibility index (Phi) is 5.45. The van der Waals surface area contributed by atoms with E-state index >= 15 is 0 Å². The van der Waals surface area contributed by atoms with Crippen LogP contribution in [0.4, 0.5) is 18.9 Å². The lowest BCUT2D eigenvalue weighted by Crippen LogP contribution is -2.37. The number of carbonyl (C=O) groups excluding carboxylic acids is 1. The summed E-state index contributed by atoms with van der Waals surface area (Å²) in [5.74, 6) is -0.846. The number of rotatable bonds is 4. The van der Waals surface area contributed by atoms with E-state index in [9.17, 15) is 18.0 Å². The number of aryl methyl sites for hydroxylation is 1. The van der Waals surface area contributed by atoms with Crippen LogP contribution >= 0.6 is 11.6 Å². The highest BCUT2D eigenvalue weighted by Crippen LogP contribution is 2.38. The van der Waals surface area contributed by atoms with Crippen molar-refractivity contribution in [2.45, 2.75) is 26.9 Å². The molecule has 0 saturated carbocycles. The summed E-state index contributed by atoms with van der Waals surface area (Å²) >= 11 is 5.53. The van der Waals surface area contributed by atoms with Crippen LogP contribution in [-0.4, -0.2) is 18.3 Å². The minimum Gasteiger partial charge on any atom is -0.310 e. The van der Waals surface area contributed by atoms with Crippen molar-refractivity contribution in [2.24, 2.45) is 5.92 Å². The molecule has 0 atom stereocenters. The number of alkyl halides is 4. The number of hydrogen-bond donors (Lipinski definition) is 0. The Labute approximate surface area is 121 Å². The van der Waals surface area contributed by atoms with E-state index in [0.717, 1.165) is 11.0 Å². The summed E-state index contributed by atoms with van der Waals surface area (Å²) in [5, 5.41) is 0. The van der Waals surface area contributed by atoms with Crippen molar-refractivity contribution >= 4 is 23.2 Å². The molecule has 1 rings (SSSR count). The third-order valence-corrected chi connectivity index (χ3v) is 3.00. The fourth-order valence-corrected chi connectivity index (χ4v) is 2.15. The Morgan fingerprint density at radius 3 is 2.40 bits per heavy atom. The number of hydrogen-bond acceptors (Lipinski definition) is 1. The van der Waals surface area contributed by atoms with E-state index in [-0.39, 0.29) is 24.0 Å². The second-order valence-corrected chi connectivity index (χ2v) is 5.27. The zero-order chi connectivity index (χ0) is 15.5. The van der Waals surface area contributed by atoms with Gasteiger partial charge in [0, 0.05) is 6.54 Å². The molecule has 0 unspecified atom stereocenters. The quantitative estimate of drug-likeness (QED) is 0.762. The van der Waals surface area contributed by atoms with Crippen LogP contribution in [-0.2, 0) is 11.0 Å². The first-order valence-electron chi connectivity index (χ1n) is 6.21.